The van der Waals surface area contributed by atoms with Gasteiger partial charge in [0.1, 0.15) is 5.75 Å². The molecule has 9 heteroatoms. The number of nitrogens with zero attached hydrogens (tertiary/aromatic N) is 2. The lowest BCUT2D eigenvalue weighted by atomic mass is 10.2. The van der Waals surface area contributed by atoms with Crippen LogP contribution >= 0.6 is 27.3 Å². The molecule has 3 rings (SSSR count). The molecule has 0 bridgehead atoms. The molecule has 1 aromatic heterocycles. The predicted molar refractivity (Wildman–Crippen MR) is 118 cm³/mol. The summed E-state index contributed by atoms with van der Waals surface area (Å²) in [4.78, 5) is 26.2. The highest BCUT2D eigenvalue weighted by Gasteiger charge is 2.16. The molecular weight excluding hydrogens is 458 g/mol. The number of non-ortho nitro benzene ring substituents is 1. The van der Waals surface area contributed by atoms with E-state index in [1.807, 2.05) is 46.7 Å². The molecule has 0 atom stereocenters. The summed E-state index contributed by atoms with van der Waals surface area (Å²) >= 11 is 4.90. The van der Waals surface area contributed by atoms with Gasteiger partial charge in [-0.05, 0) is 57.7 Å². The van der Waals surface area contributed by atoms with Crippen LogP contribution in [0.1, 0.15) is 4.88 Å². The molecule has 0 saturated heterocycles. The minimum absolute atomic E-state index is 0.0487. The third-order valence-electron chi connectivity index (χ3n) is 4.14. The van der Waals surface area contributed by atoms with Gasteiger partial charge in [0.05, 0.1) is 30.8 Å². The number of hydrogen-bond acceptors (Lipinski definition) is 6. The van der Waals surface area contributed by atoms with Gasteiger partial charge in [-0.3, -0.25) is 14.9 Å². The van der Waals surface area contributed by atoms with Crippen LogP contribution in [0.15, 0.2) is 64.5 Å². The van der Waals surface area contributed by atoms with E-state index in [2.05, 4.69) is 21.2 Å². The Balaban J connectivity index is 1.75. The zero-order valence-corrected chi connectivity index (χ0v) is 17.9. The van der Waals surface area contributed by atoms with Crippen LogP contribution in [0.2, 0.25) is 0 Å². The molecule has 1 heterocycles. The molecule has 0 saturated carbocycles. The van der Waals surface area contributed by atoms with Crippen molar-refractivity contribution in [3.8, 4) is 5.75 Å². The summed E-state index contributed by atoms with van der Waals surface area (Å²) in [5.74, 6) is 0.510. The minimum atomic E-state index is -0.483. The standard InChI is InChI=1S/C20H18BrN3O4S/c1-28-16-7-4-14(5-8-16)23(12-17-3-2-10-29-17)13-20(25)22-19-9-6-15(24(26)27)11-18(19)21/h2-11H,12-13H2,1H3,(H,22,25). The van der Waals surface area contributed by atoms with Crippen LogP contribution in [0.5, 0.6) is 5.75 Å². The van der Waals surface area contributed by atoms with Crippen LogP contribution in [0.4, 0.5) is 17.1 Å². The van der Waals surface area contributed by atoms with Crippen LogP contribution in [-0.2, 0) is 11.3 Å². The van der Waals surface area contributed by atoms with E-state index in [0.717, 1.165) is 16.3 Å². The van der Waals surface area contributed by atoms with Gasteiger partial charge in [-0.1, -0.05) is 6.07 Å². The van der Waals surface area contributed by atoms with Crippen molar-refractivity contribution < 1.29 is 14.5 Å². The maximum atomic E-state index is 12.7. The number of methoxy groups -OCH3 is 1. The van der Waals surface area contributed by atoms with E-state index in [4.69, 9.17) is 4.74 Å². The number of rotatable bonds is 8. The molecular formula is C20H18BrN3O4S. The maximum absolute atomic E-state index is 12.7. The lowest BCUT2D eigenvalue weighted by molar-refractivity contribution is -0.384. The number of halogens is 1. The lowest BCUT2D eigenvalue weighted by Crippen LogP contribution is -2.32. The molecule has 7 nitrogen and oxygen atoms in total. The van der Waals surface area contributed by atoms with Crippen molar-refractivity contribution in [2.75, 3.05) is 23.9 Å². The first kappa shape index (κ1) is 20.8. The molecule has 3 aromatic rings. The minimum Gasteiger partial charge on any atom is -0.497 e. The van der Waals surface area contributed by atoms with Gasteiger partial charge < -0.3 is 15.0 Å². The SMILES string of the molecule is COc1ccc(N(CC(=O)Nc2ccc([N+](=O)[O-])cc2Br)Cc2cccs2)cc1. The molecule has 150 valence electrons. The number of hydrogen-bond donors (Lipinski definition) is 1. The van der Waals surface area contributed by atoms with Crippen molar-refractivity contribution in [3.63, 3.8) is 0 Å². The Kier molecular flexibility index (Phi) is 6.84. The Bertz CT molecular complexity index is 993. The first-order valence-corrected chi connectivity index (χ1v) is 10.3. The summed E-state index contributed by atoms with van der Waals surface area (Å²) in [6, 6.07) is 15.7. The fourth-order valence-electron chi connectivity index (χ4n) is 2.70. The van der Waals surface area contributed by atoms with Crippen LogP contribution in [-0.4, -0.2) is 24.5 Å². The van der Waals surface area contributed by atoms with E-state index in [1.165, 1.54) is 18.2 Å². The Morgan fingerprint density at radius 2 is 2.00 bits per heavy atom. The van der Waals surface area contributed by atoms with E-state index >= 15 is 0 Å². The van der Waals surface area contributed by atoms with E-state index in [9.17, 15) is 14.9 Å². The third kappa shape index (κ3) is 5.55. The molecule has 2 aromatic carbocycles. The Labute approximate surface area is 180 Å². The molecule has 0 aliphatic rings. The number of ether oxygens (including phenoxy) is 1. The van der Waals surface area contributed by atoms with Crippen LogP contribution in [0.3, 0.4) is 0 Å². The van der Waals surface area contributed by atoms with E-state index < -0.39 is 4.92 Å². The summed E-state index contributed by atoms with van der Waals surface area (Å²) in [6.45, 7) is 0.701. The van der Waals surface area contributed by atoms with Crippen molar-refractivity contribution in [1.29, 1.82) is 0 Å². The van der Waals surface area contributed by atoms with Crippen LogP contribution < -0.4 is 15.0 Å². The number of amides is 1. The fraction of sp³-hybridized carbons (Fsp3) is 0.150. The summed E-state index contributed by atoms with van der Waals surface area (Å²) in [5, 5.41) is 15.7. The number of anilines is 2. The number of nitrogens with one attached hydrogen (secondary N) is 1. The van der Waals surface area contributed by atoms with Crippen molar-refractivity contribution in [2.24, 2.45) is 0 Å². The van der Waals surface area contributed by atoms with E-state index in [1.54, 1.807) is 18.4 Å². The van der Waals surface area contributed by atoms with Crippen LogP contribution in [0, 0.1) is 10.1 Å². The van der Waals surface area contributed by atoms with Gasteiger partial charge >= 0.3 is 0 Å². The number of carbonyl (C=O) groups is 1. The Morgan fingerprint density at radius 1 is 1.24 bits per heavy atom. The molecule has 1 N–H and O–H groups in total. The highest BCUT2D eigenvalue weighted by Crippen LogP contribution is 2.27. The summed E-state index contributed by atoms with van der Waals surface area (Å²) in [5.41, 5.74) is 1.32. The normalized spacial score (nSPS) is 10.4. The second kappa shape index (κ2) is 9.53. The average Bonchev–Trinajstić information content (AvgIpc) is 3.22. The monoisotopic (exact) mass is 475 g/mol. The van der Waals surface area contributed by atoms with Gasteiger partial charge in [-0.15, -0.1) is 11.3 Å². The van der Waals surface area contributed by atoms with Crippen molar-refractivity contribution in [1.82, 2.24) is 0 Å². The van der Waals surface area contributed by atoms with Crippen LogP contribution in [0.25, 0.3) is 0 Å². The first-order valence-electron chi connectivity index (χ1n) is 8.61. The smallest absolute Gasteiger partial charge is 0.270 e. The van der Waals surface area contributed by atoms with Gasteiger partial charge in [0.15, 0.2) is 0 Å². The van der Waals surface area contributed by atoms with Crippen molar-refractivity contribution >= 4 is 50.2 Å². The zero-order chi connectivity index (χ0) is 20.8. The predicted octanol–water partition coefficient (Wildman–Crippen LogP) is 5.07. The lowest BCUT2D eigenvalue weighted by Gasteiger charge is -2.24. The first-order chi connectivity index (χ1) is 14.0. The van der Waals surface area contributed by atoms with Gasteiger partial charge in [0.25, 0.3) is 5.69 Å². The summed E-state index contributed by atoms with van der Waals surface area (Å²) in [6.07, 6.45) is 0. The maximum Gasteiger partial charge on any atom is 0.270 e. The number of benzene rings is 2. The van der Waals surface area contributed by atoms with Gasteiger partial charge in [-0.25, -0.2) is 0 Å². The van der Waals surface area contributed by atoms with E-state index in [-0.39, 0.29) is 18.1 Å². The molecule has 0 unspecified atom stereocenters. The van der Waals surface area contributed by atoms with Crippen molar-refractivity contribution in [3.05, 3.63) is 79.4 Å². The summed E-state index contributed by atoms with van der Waals surface area (Å²) in [7, 11) is 1.61. The Hall–Kier alpha value is -2.91. The second-order valence-corrected chi connectivity index (χ2v) is 7.99. The number of thiophene rings is 1. The average molecular weight is 476 g/mol. The molecule has 0 radical (unpaired) electrons. The number of nitro groups is 1. The molecule has 0 spiro atoms. The zero-order valence-electron chi connectivity index (χ0n) is 15.5. The number of nitro benzene ring substituents is 1. The highest BCUT2D eigenvalue weighted by molar-refractivity contribution is 9.10. The van der Waals surface area contributed by atoms with Gasteiger partial charge in [-0.2, -0.15) is 0 Å². The van der Waals surface area contributed by atoms with E-state index in [0.29, 0.717) is 16.7 Å². The fourth-order valence-corrected chi connectivity index (χ4v) is 3.89. The molecule has 1 amide bonds. The Morgan fingerprint density at radius 3 is 2.59 bits per heavy atom. The van der Waals surface area contributed by atoms with Gasteiger partial charge in [0, 0.05) is 27.2 Å². The summed E-state index contributed by atoms with van der Waals surface area (Å²) < 4.78 is 5.66. The van der Waals surface area contributed by atoms with Gasteiger partial charge in [0.2, 0.25) is 5.91 Å². The second-order valence-electron chi connectivity index (χ2n) is 6.10. The quantitative estimate of drug-likeness (QED) is 0.363. The topological polar surface area (TPSA) is 84.7 Å². The highest BCUT2D eigenvalue weighted by atomic mass is 79.9. The third-order valence-corrected chi connectivity index (χ3v) is 5.65. The largest absolute Gasteiger partial charge is 0.497 e. The molecule has 0 aliphatic heterocycles. The molecule has 0 aliphatic carbocycles. The molecule has 29 heavy (non-hydrogen) atoms. The van der Waals surface area contributed by atoms with Crippen molar-refractivity contribution in [2.45, 2.75) is 6.54 Å². The number of carbonyl (C=O) groups excluding carboxylic acids is 1. The molecule has 0 fully saturated rings.